The SMILES string of the molecule is Cl.Cl.OC1=CC=CNS1. The molecular formula is C4H7Cl2NOS. The zero-order valence-electron chi connectivity index (χ0n) is 4.40. The summed E-state index contributed by atoms with van der Waals surface area (Å²) >= 11 is 1.20. The molecule has 2 nitrogen and oxygen atoms in total. The average Bonchev–Trinajstić information content (AvgIpc) is 1.69. The van der Waals surface area contributed by atoms with Crippen molar-refractivity contribution < 1.29 is 5.11 Å². The minimum absolute atomic E-state index is 0. The van der Waals surface area contributed by atoms with Crippen LogP contribution in [0.3, 0.4) is 0 Å². The molecule has 1 aliphatic rings. The Kier molecular flexibility index (Phi) is 8.02. The highest BCUT2D eigenvalue weighted by atomic mass is 35.5. The molecule has 0 saturated carbocycles. The fourth-order valence-corrected chi connectivity index (χ4v) is 0.712. The minimum Gasteiger partial charge on any atom is -0.501 e. The van der Waals surface area contributed by atoms with Crippen molar-refractivity contribution in [2.75, 3.05) is 0 Å². The fourth-order valence-electron chi connectivity index (χ4n) is 0.298. The van der Waals surface area contributed by atoms with Gasteiger partial charge in [0.05, 0.1) is 0 Å². The average molecular weight is 188 g/mol. The molecule has 1 rings (SSSR count). The van der Waals surface area contributed by atoms with Crippen LogP contribution in [0.1, 0.15) is 0 Å². The second-order valence-electron chi connectivity index (χ2n) is 1.08. The number of rotatable bonds is 0. The van der Waals surface area contributed by atoms with Gasteiger partial charge in [0.1, 0.15) is 0 Å². The lowest BCUT2D eigenvalue weighted by Crippen LogP contribution is -1.94. The number of halogens is 2. The van der Waals surface area contributed by atoms with Crippen molar-refractivity contribution in [3.05, 3.63) is 23.4 Å². The molecule has 2 N–H and O–H groups in total. The van der Waals surface area contributed by atoms with Gasteiger partial charge in [0.15, 0.2) is 5.09 Å². The van der Waals surface area contributed by atoms with Gasteiger partial charge in [-0.3, -0.25) is 0 Å². The number of nitrogens with one attached hydrogen (secondary N) is 1. The zero-order chi connectivity index (χ0) is 5.11. The van der Waals surface area contributed by atoms with E-state index in [4.69, 9.17) is 5.11 Å². The summed E-state index contributed by atoms with van der Waals surface area (Å²) in [6, 6.07) is 0. The first-order valence-electron chi connectivity index (χ1n) is 1.88. The molecule has 0 aromatic carbocycles. The van der Waals surface area contributed by atoms with Crippen LogP contribution < -0.4 is 4.72 Å². The summed E-state index contributed by atoms with van der Waals surface area (Å²) < 4.78 is 2.75. The monoisotopic (exact) mass is 187 g/mol. The summed E-state index contributed by atoms with van der Waals surface area (Å²) in [6.45, 7) is 0. The number of allylic oxidation sites excluding steroid dienone is 2. The Morgan fingerprint density at radius 1 is 1.44 bits per heavy atom. The second kappa shape index (κ2) is 6.13. The predicted molar refractivity (Wildman–Crippen MR) is 45.1 cm³/mol. The molecule has 0 saturated heterocycles. The Morgan fingerprint density at radius 2 is 2.11 bits per heavy atom. The lowest BCUT2D eigenvalue weighted by atomic mass is 10.6. The van der Waals surface area contributed by atoms with Crippen molar-refractivity contribution >= 4 is 36.8 Å². The molecule has 0 radical (unpaired) electrons. The summed E-state index contributed by atoms with van der Waals surface area (Å²) in [6.07, 6.45) is 5.12. The van der Waals surface area contributed by atoms with E-state index in [0.717, 1.165) is 0 Å². The van der Waals surface area contributed by atoms with Gasteiger partial charge in [-0.2, -0.15) is 0 Å². The Bertz CT molecular complexity index is 126. The number of aliphatic hydroxyl groups excluding tert-OH is 1. The Hall–Kier alpha value is 0.01000. The molecule has 0 aromatic heterocycles. The van der Waals surface area contributed by atoms with Crippen LogP contribution in [-0.2, 0) is 0 Å². The van der Waals surface area contributed by atoms with Crippen LogP contribution in [0.2, 0.25) is 0 Å². The van der Waals surface area contributed by atoms with E-state index in [2.05, 4.69) is 4.72 Å². The molecule has 0 amide bonds. The van der Waals surface area contributed by atoms with Crippen molar-refractivity contribution in [2.45, 2.75) is 0 Å². The van der Waals surface area contributed by atoms with Gasteiger partial charge in [0.2, 0.25) is 0 Å². The largest absolute Gasteiger partial charge is 0.501 e. The maximum Gasteiger partial charge on any atom is 0.170 e. The first-order valence-corrected chi connectivity index (χ1v) is 2.69. The molecule has 0 aromatic rings. The number of hydrogen-bond acceptors (Lipinski definition) is 3. The minimum atomic E-state index is 0. The molecule has 0 spiro atoms. The molecule has 9 heavy (non-hydrogen) atoms. The maximum absolute atomic E-state index is 8.62. The van der Waals surface area contributed by atoms with Crippen LogP contribution in [0.5, 0.6) is 0 Å². The smallest absolute Gasteiger partial charge is 0.170 e. The molecule has 1 heterocycles. The maximum atomic E-state index is 8.62. The van der Waals surface area contributed by atoms with E-state index in [1.807, 2.05) is 0 Å². The topological polar surface area (TPSA) is 32.3 Å². The van der Waals surface area contributed by atoms with Gasteiger partial charge in [-0.25, -0.2) is 0 Å². The van der Waals surface area contributed by atoms with Gasteiger partial charge in [-0.05, 0) is 12.2 Å². The van der Waals surface area contributed by atoms with Crippen LogP contribution in [0.25, 0.3) is 0 Å². The molecule has 0 atom stereocenters. The zero-order valence-corrected chi connectivity index (χ0v) is 6.85. The van der Waals surface area contributed by atoms with E-state index in [9.17, 15) is 0 Å². The van der Waals surface area contributed by atoms with Crippen molar-refractivity contribution in [3.63, 3.8) is 0 Å². The molecule has 1 aliphatic heterocycles. The fraction of sp³-hybridized carbons (Fsp3) is 0. The third-order valence-electron chi connectivity index (χ3n) is 0.567. The molecule has 5 heteroatoms. The highest BCUT2D eigenvalue weighted by molar-refractivity contribution is 8.01. The molecule has 0 aliphatic carbocycles. The van der Waals surface area contributed by atoms with Gasteiger partial charge in [0, 0.05) is 18.1 Å². The van der Waals surface area contributed by atoms with Crippen molar-refractivity contribution in [2.24, 2.45) is 0 Å². The van der Waals surface area contributed by atoms with E-state index >= 15 is 0 Å². The summed E-state index contributed by atoms with van der Waals surface area (Å²) in [5.41, 5.74) is 0. The van der Waals surface area contributed by atoms with Crippen LogP contribution in [0.15, 0.2) is 23.4 Å². The van der Waals surface area contributed by atoms with E-state index in [0.29, 0.717) is 5.09 Å². The lowest BCUT2D eigenvalue weighted by Gasteiger charge is -1.99. The third-order valence-corrected chi connectivity index (χ3v) is 1.17. The van der Waals surface area contributed by atoms with Gasteiger partial charge in [-0.15, -0.1) is 24.8 Å². The summed E-state index contributed by atoms with van der Waals surface area (Å²) in [4.78, 5) is 0. The van der Waals surface area contributed by atoms with Crippen molar-refractivity contribution in [1.29, 1.82) is 0 Å². The van der Waals surface area contributed by atoms with Crippen LogP contribution >= 0.6 is 36.8 Å². The van der Waals surface area contributed by atoms with Gasteiger partial charge < -0.3 is 9.83 Å². The Morgan fingerprint density at radius 3 is 2.33 bits per heavy atom. The molecular weight excluding hydrogens is 181 g/mol. The van der Waals surface area contributed by atoms with E-state index in [1.54, 1.807) is 18.4 Å². The van der Waals surface area contributed by atoms with Gasteiger partial charge in [-0.1, -0.05) is 0 Å². The van der Waals surface area contributed by atoms with E-state index < -0.39 is 0 Å². The second-order valence-corrected chi connectivity index (χ2v) is 1.94. The Balaban J connectivity index is 0. The highest BCUT2D eigenvalue weighted by Crippen LogP contribution is 2.09. The first-order chi connectivity index (χ1) is 3.39. The highest BCUT2D eigenvalue weighted by Gasteiger charge is 1.91. The van der Waals surface area contributed by atoms with E-state index in [1.165, 1.54) is 11.9 Å². The standard InChI is InChI=1S/C4H5NOS.2ClH/c6-4-2-1-3-5-7-4;;/h1-3,5-6H;2*1H. The normalized spacial score (nSPS) is 14.0. The molecule has 54 valence electrons. The van der Waals surface area contributed by atoms with Gasteiger partial charge in [0.25, 0.3) is 0 Å². The quantitative estimate of drug-likeness (QED) is 0.570. The Labute approximate surface area is 70.4 Å². The summed E-state index contributed by atoms with van der Waals surface area (Å²) in [7, 11) is 0. The number of hydrogen-bond donors (Lipinski definition) is 2. The summed E-state index contributed by atoms with van der Waals surface area (Å²) in [5.74, 6) is 0. The van der Waals surface area contributed by atoms with E-state index in [-0.39, 0.29) is 24.8 Å². The van der Waals surface area contributed by atoms with Crippen LogP contribution in [0, 0.1) is 0 Å². The van der Waals surface area contributed by atoms with Crippen molar-refractivity contribution in [3.8, 4) is 0 Å². The number of aliphatic hydroxyl groups is 1. The lowest BCUT2D eigenvalue weighted by molar-refractivity contribution is 0.455. The summed E-state index contributed by atoms with van der Waals surface area (Å²) in [5, 5.41) is 8.93. The molecule has 0 bridgehead atoms. The van der Waals surface area contributed by atoms with Crippen molar-refractivity contribution in [1.82, 2.24) is 4.72 Å². The van der Waals surface area contributed by atoms with Crippen LogP contribution in [0.4, 0.5) is 0 Å². The predicted octanol–water partition coefficient (Wildman–Crippen LogP) is 1.99. The van der Waals surface area contributed by atoms with Crippen LogP contribution in [-0.4, -0.2) is 5.11 Å². The molecule has 0 unspecified atom stereocenters. The first kappa shape index (κ1) is 11.8. The van der Waals surface area contributed by atoms with Gasteiger partial charge >= 0.3 is 0 Å². The third kappa shape index (κ3) is 4.51. The molecule has 0 fully saturated rings.